The van der Waals surface area contributed by atoms with Crippen molar-refractivity contribution in [3.8, 4) is 0 Å². The second-order valence-electron chi connectivity index (χ2n) is 4.83. The summed E-state index contributed by atoms with van der Waals surface area (Å²) < 4.78 is 6.95. The summed E-state index contributed by atoms with van der Waals surface area (Å²) in [4.78, 5) is 12.0. The number of imidazole rings is 1. The van der Waals surface area contributed by atoms with Crippen LogP contribution in [0.15, 0.2) is 25.3 Å². The van der Waals surface area contributed by atoms with E-state index in [4.69, 9.17) is 10.5 Å². The predicted octanol–water partition coefficient (Wildman–Crippen LogP) is -1.42. The molecular formula is C12H15N5O4. The highest BCUT2D eigenvalue weighted by molar-refractivity contribution is 5.81. The van der Waals surface area contributed by atoms with Crippen LogP contribution in [0, 0.1) is 0 Å². The number of aliphatic hydroxyl groups excluding tert-OH is 2. The van der Waals surface area contributed by atoms with Gasteiger partial charge in [-0.3, -0.25) is 4.57 Å². The van der Waals surface area contributed by atoms with Crippen LogP contribution >= 0.6 is 0 Å². The summed E-state index contributed by atoms with van der Waals surface area (Å²) in [5, 5.41) is 29.9. The number of ether oxygens (including phenoxy) is 1. The van der Waals surface area contributed by atoms with E-state index in [-0.39, 0.29) is 5.82 Å². The van der Waals surface area contributed by atoms with Gasteiger partial charge in [-0.1, -0.05) is 12.7 Å². The van der Waals surface area contributed by atoms with Crippen molar-refractivity contribution in [3.63, 3.8) is 0 Å². The summed E-state index contributed by atoms with van der Waals surface area (Å²) in [6.45, 7) is 3.08. The molecule has 1 fully saturated rings. The zero-order valence-corrected chi connectivity index (χ0v) is 11.0. The molecule has 0 bridgehead atoms. The Labute approximate surface area is 119 Å². The number of rotatable bonds is 3. The van der Waals surface area contributed by atoms with E-state index in [2.05, 4.69) is 21.5 Å². The average molecular weight is 293 g/mol. The lowest BCUT2D eigenvalue weighted by Crippen LogP contribution is -2.45. The van der Waals surface area contributed by atoms with Crippen LogP contribution in [0.2, 0.25) is 0 Å². The van der Waals surface area contributed by atoms with E-state index in [0.717, 1.165) is 0 Å². The van der Waals surface area contributed by atoms with Gasteiger partial charge in [0.2, 0.25) is 0 Å². The number of aromatic nitrogens is 4. The zero-order chi connectivity index (χ0) is 15.2. The molecule has 4 atom stereocenters. The second-order valence-corrected chi connectivity index (χ2v) is 4.83. The molecule has 3 rings (SSSR count). The van der Waals surface area contributed by atoms with Crippen LogP contribution in [-0.2, 0) is 4.74 Å². The number of hydrogen-bond donors (Lipinski definition) is 4. The molecule has 9 heteroatoms. The first-order valence-corrected chi connectivity index (χ1v) is 6.26. The Balaban J connectivity index is 2.13. The zero-order valence-electron chi connectivity index (χ0n) is 11.0. The molecule has 1 saturated heterocycles. The Morgan fingerprint density at radius 2 is 2.24 bits per heavy atom. The van der Waals surface area contributed by atoms with E-state index in [9.17, 15) is 15.3 Å². The van der Waals surface area contributed by atoms with E-state index in [1.165, 1.54) is 23.3 Å². The Bertz CT molecular complexity index is 689. The van der Waals surface area contributed by atoms with Crippen LogP contribution < -0.4 is 5.73 Å². The molecule has 9 nitrogen and oxygen atoms in total. The van der Waals surface area contributed by atoms with Crippen molar-refractivity contribution in [2.75, 3.05) is 12.3 Å². The van der Waals surface area contributed by atoms with Gasteiger partial charge in [0.15, 0.2) is 23.3 Å². The molecule has 0 aliphatic carbocycles. The molecule has 0 spiro atoms. The summed E-state index contributed by atoms with van der Waals surface area (Å²) in [6, 6.07) is 0. The van der Waals surface area contributed by atoms with E-state index >= 15 is 0 Å². The third-order valence-electron chi connectivity index (χ3n) is 3.67. The van der Waals surface area contributed by atoms with Gasteiger partial charge in [-0.2, -0.15) is 0 Å². The Kier molecular flexibility index (Phi) is 3.14. The minimum atomic E-state index is -1.79. The standard InChI is InChI=1S/C12H15N5O4/c1-2-12(20)8(19)6(3-18)21-11(12)17-5-16-7-9(13)14-4-15-10(7)17/h2,4-6,8,11,18-20H,1,3H2,(H2,13,14,15)/t6-,8?,11-,12+/m1/s1. The Morgan fingerprint density at radius 1 is 1.48 bits per heavy atom. The highest BCUT2D eigenvalue weighted by Crippen LogP contribution is 2.40. The maximum Gasteiger partial charge on any atom is 0.172 e. The Hall–Kier alpha value is -2.07. The van der Waals surface area contributed by atoms with E-state index in [1.807, 2.05) is 0 Å². The second kappa shape index (κ2) is 4.74. The number of nitrogens with two attached hydrogens (primary N) is 1. The number of anilines is 1. The molecule has 2 aromatic heterocycles. The molecule has 1 unspecified atom stereocenters. The fraction of sp³-hybridized carbons (Fsp3) is 0.417. The summed E-state index contributed by atoms with van der Waals surface area (Å²) in [5.41, 5.74) is 4.62. The third-order valence-corrected chi connectivity index (χ3v) is 3.67. The van der Waals surface area contributed by atoms with Gasteiger partial charge in [0, 0.05) is 0 Å². The molecule has 5 N–H and O–H groups in total. The van der Waals surface area contributed by atoms with Gasteiger partial charge in [0.25, 0.3) is 0 Å². The minimum Gasteiger partial charge on any atom is -0.394 e. The van der Waals surface area contributed by atoms with Gasteiger partial charge < -0.3 is 25.8 Å². The number of hydrogen-bond acceptors (Lipinski definition) is 8. The van der Waals surface area contributed by atoms with Crippen molar-refractivity contribution in [2.24, 2.45) is 0 Å². The molecule has 1 aliphatic rings. The minimum absolute atomic E-state index is 0.193. The van der Waals surface area contributed by atoms with Crippen molar-refractivity contribution in [1.82, 2.24) is 19.5 Å². The van der Waals surface area contributed by atoms with Gasteiger partial charge in [0.1, 0.15) is 24.1 Å². The summed E-state index contributed by atoms with van der Waals surface area (Å²) >= 11 is 0. The molecule has 21 heavy (non-hydrogen) atoms. The van der Waals surface area contributed by atoms with Gasteiger partial charge in [-0.15, -0.1) is 0 Å². The fourth-order valence-corrected chi connectivity index (χ4v) is 2.49. The number of aliphatic hydroxyl groups is 3. The molecular weight excluding hydrogens is 278 g/mol. The molecule has 0 radical (unpaired) electrons. The van der Waals surface area contributed by atoms with E-state index in [0.29, 0.717) is 11.2 Å². The topological polar surface area (TPSA) is 140 Å². The number of fused-ring (bicyclic) bond motifs is 1. The molecule has 0 amide bonds. The molecule has 112 valence electrons. The maximum absolute atomic E-state index is 10.6. The van der Waals surface area contributed by atoms with Crippen molar-refractivity contribution in [2.45, 2.75) is 24.0 Å². The maximum atomic E-state index is 10.6. The van der Waals surface area contributed by atoms with Crippen molar-refractivity contribution >= 4 is 17.0 Å². The quantitative estimate of drug-likeness (QED) is 0.505. The van der Waals surface area contributed by atoms with Crippen LogP contribution in [0.1, 0.15) is 6.23 Å². The van der Waals surface area contributed by atoms with Crippen LogP contribution in [0.25, 0.3) is 11.2 Å². The SMILES string of the molecule is C=C[C@]1(O)C(O)[C@@H](CO)O[C@H]1n1cnc2c(N)ncnc21. The number of nitrogen functional groups attached to an aromatic ring is 1. The van der Waals surface area contributed by atoms with Crippen LogP contribution in [-0.4, -0.2) is 59.3 Å². The smallest absolute Gasteiger partial charge is 0.172 e. The highest BCUT2D eigenvalue weighted by atomic mass is 16.6. The first-order chi connectivity index (χ1) is 10.0. The van der Waals surface area contributed by atoms with Crippen molar-refractivity contribution < 1.29 is 20.1 Å². The summed E-state index contributed by atoms with van der Waals surface area (Å²) in [6.07, 6.45) is 0.491. The average Bonchev–Trinajstić information content (AvgIpc) is 3.01. The summed E-state index contributed by atoms with van der Waals surface area (Å²) in [7, 11) is 0. The van der Waals surface area contributed by atoms with Gasteiger partial charge >= 0.3 is 0 Å². The number of nitrogens with zero attached hydrogens (tertiary/aromatic N) is 4. The molecule has 0 saturated carbocycles. The van der Waals surface area contributed by atoms with Crippen LogP contribution in [0.5, 0.6) is 0 Å². The highest BCUT2D eigenvalue weighted by Gasteiger charge is 2.54. The van der Waals surface area contributed by atoms with Gasteiger partial charge in [-0.05, 0) is 0 Å². The van der Waals surface area contributed by atoms with E-state index in [1.54, 1.807) is 0 Å². The Morgan fingerprint density at radius 3 is 2.90 bits per heavy atom. The molecule has 1 aliphatic heterocycles. The first kappa shape index (κ1) is 13.9. The monoisotopic (exact) mass is 293 g/mol. The molecule has 2 aromatic rings. The first-order valence-electron chi connectivity index (χ1n) is 6.26. The lowest BCUT2D eigenvalue weighted by molar-refractivity contribution is -0.0771. The predicted molar refractivity (Wildman–Crippen MR) is 71.9 cm³/mol. The van der Waals surface area contributed by atoms with E-state index < -0.39 is 30.6 Å². The summed E-state index contributed by atoms with van der Waals surface area (Å²) in [5.74, 6) is 0.193. The lowest BCUT2D eigenvalue weighted by Gasteiger charge is -2.28. The molecule has 3 heterocycles. The van der Waals surface area contributed by atoms with Crippen LogP contribution in [0.3, 0.4) is 0 Å². The largest absolute Gasteiger partial charge is 0.394 e. The molecule has 0 aromatic carbocycles. The van der Waals surface area contributed by atoms with Crippen molar-refractivity contribution in [3.05, 3.63) is 25.3 Å². The normalized spacial score (nSPS) is 32.6. The third kappa shape index (κ3) is 1.83. The van der Waals surface area contributed by atoms with Gasteiger partial charge in [0.05, 0.1) is 12.9 Å². The fourth-order valence-electron chi connectivity index (χ4n) is 2.49. The van der Waals surface area contributed by atoms with Gasteiger partial charge in [-0.25, -0.2) is 15.0 Å². The van der Waals surface area contributed by atoms with Crippen LogP contribution in [0.4, 0.5) is 5.82 Å². The van der Waals surface area contributed by atoms with Crippen molar-refractivity contribution in [1.29, 1.82) is 0 Å². The lowest BCUT2D eigenvalue weighted by atomic mass is 9.94.